The molecule has 0 radical (unpaired) electrons. The molecule has 0 bridgehead atoms. The molecule has 0 aliphatic carbocycles. The summed E-state index contributed by atoms with van der Waals surface area (Å²) in [4.78, 5) is 0. The number of hydrogen-bond acceptors (Lipinski definition) is 2. The van der Waals surface area contributed by atoms with E-state index in [0.717, 1.165) is 30.3 Å². The molecule has 0 fully saturated rings. The quantitative estimate of drug-likeness (QED) is 0.414. The van der Waals surface area contributed by atoms with Crippen molar-refractivity contribution >= 4 is 0 Å². The topological polar surface area (TPSA) is 18.5 Å². The van der Waals surface area contributed by atoms with Gasteiger partial charge in [0.25, 0.3) is 0 Å². The highest BCUT2D eigenvalue weighted by Gasteiger charge is 2.06. The number of rotatable bonds is 11. The van der Waals surface area contributed by atoms with Gasteiger partial charge in [-0.2, -0.15) is 0 Å². The van der Waals surface area contributed by atoms with Crippen molar-refractivity contribution in [3.8, 4) is 11.5 Å². The first-order valence-corrected chi connectivity index (χ1v) is 9.45. The highest BCUT2D eigenvalue weighted by molar-refractivity contribution is 5.38. The van der Waals surface area contributed by atoms with Crippen molar-refractivity contribution in [1.29, 1.82) is 0 Å². The Balaban J connectivity index is 2.37. The Hall–Kier alpha value is -1.70. The fourth-order valence-electron chi connectivity index (χ4n) is 2.87. The lowest BCUT2D eigenvalue weighted by molar-refractivity contribution is 0.392. The monoisotopic (exact) mass is 344 g/mol. The number of allylic oxidation sites excluding steroid dienone is 4. The van der Waals surface area contributed by atoms with Gasteiger partial charge >= 0.3 is 0 Å². The van der Waals surface area contributed by atoms with E-state index >= 15 is 0 Å². The molecule has 0 spiro atoms. The van der Waals surface area contributed by atoms with Gasteiger partial charge in [-0.25, -0.2) is 0 Å². The summed E-state index contributed by atoms with van der Waals surface area (Å²) in [5, 5.41) is 0. The lowest BCUT2D eigenvalue weighted by Crippen LogP contribution is -1.98. The van der Waals surface area contributed by atoms with Crippen LogP contribution in [0.3, 0.4) is 0 Å². The van der Waals surface area contributed by atoms with E-state index in [9.17, 15) is 0 Å². The van der Waals surface area contributed by atoms with Crippen LogP contribution in [-0.4, -0.2) is 14.2 Å². The lowest BCUT2D eigenvalue weighted by Gasteiger charge is -2.12. The van der Waals surface area contributed by atoms with Gasteiger partial charge in [0.05, 0.1) is 14.2 Å². The second-order valence-corrected chi connectivity index (χ2v) is 7.31. The van der Waals surface area contributed by atoms with Crippen molar-refractivity contribution in [2.45, 2.75) is 66.2 Å². The fraction of sp³-hybridized carbons (Fsp3) is 0.565. The van der Waals surface area contributed by atoms with Crippen LogP contribution in [0.15, 0.2) is 41.5 Å². The number of benzene rings is 1. The maximum Gasteiger partial charge on any atom is 0.122 e. The van der Waals surface area contributed by atoms with Gasteiger partial charge in [0.15, 0.2) is 0 Å². The lowest BCUT2D eigenvalue weighted by atomic mass is 9.96. The Bertz CT molecular complexity index is 543. The standard InChI is InChI=1S/C23H36O2/c1-18(2)9-7-10-19(3)11-8-12-20(4)13-14-21-15-22(24-5)17-23(16-21)25-6/h9,11,15-17,20H,7-8,10,12-14H2,1-6H3. The molecule has 0 amide bonds. The molecule has 1 aromatic carbocycles. The van der Waals surface area contributed by atoms with E-state index in [1.54, 1.807) is 14.2 Å². The van der Waals surface area contributed by atoms with Crippen molar-refractivity contribution in [3.63, 3.8) is 0 Å². The summed E-state index contributed by atoms with van der Waals surface area (Å²) in [6.07, 6.45) is 11.8. The molecule has 25 heavy (non-hydrogen) atoms. The molecule has 0 aliphatic rings. The zero-order chi connectivity index (χ0) is 18.7. The largest absolute Gasteiger partial charge is 0.497 e. The summed E-state index contributed by atoms with van der Waals surface area (Å²) in [5.41, 5.74) is 4.22. The van der Waals surface area contributed by atoms with Crippen LogP contribution >= 0.6 is 0 Å². The Labute approximate surface area is 154 Å². The number of methoxy groups -OCH3 is 2. The Kier molecular flexibility index (Phi) is 10.1. The van der Waals surface area contributed by atoms with Crippen LogP contribution in [0.2, 0.25) is 0 Å². The van der Waals surface area contributed by atoms with Crippen LogP contribution in [0, 0.1) is 5.92 Å². The molecular weight excluding hydrogens is 308 g/mol. The van der Waals surface area contributed by atoms with E-state index in [-0.39, 0.29) is 0 Å². The molecule has 1 rings (SSSR count). The average molecular weight is 345 g/mol. The molecule has 1 atom stereocenters. The first-order chi connectivity index (χ1) is 11.9. The number of ether oxygens (including phenoxy) is 2. The van der Waals surface area contributed by atoms with E-state index in [2.05, 4.69) is 52.0 Å². The molecule has 2 nitrogen and oxygen atoms in total. The van der Waals surface area contributed by atoms with Crippen LogP contribution in [0.25, 0.3) is 0 Å². The SMILES string of the molecule is COc1cc(CCC(C)CCC=C(C)CCC=C(C)C)cc(OC)c1. The summed E-state index contributed by atoms with van der Waals surface area (Å²) in [5.74, 6) is 2.47. The van der Waals surface area contributed by atoms with Crippen LogP contribution in [0.4, 0.5) is 0 Å². The van der Waals surface area contributed by atoms with Crippen molar-refractivity contribution in [2.75, 3.05) is 14.2 Å². The van der Waals surface area contributed by atoms with Gasteiger partial charge in [-0.15, -0.1) is 0 Å². The molecule has 140 valence electrons. The molecule has 1 unspecified atom stereocenters. The third kappa shape index (κ3) is 9.38. The van der Waals surface area contributed by atoms with Gasteiger partial charge in [0, 0.05) is 6.07 Å². The molecule has 0 heterocycles. The minimum atomic E-state index is 0.721. The molecular formula is C23H36O2. The highest BCUT2D eigenvalue weighted by atomic mass is 16.5. The second kappa shape index (κ2) is 11.8. The van der Waals surface area contributed by atoms with Crippen LogP contribution in [0.5, 0.6) is 11.5 Å². The molecule has 1 aromatic rings. The van der Waals surface area contributed by atoms with Crippen molar-refractivity contribution in [2.24, 2.45) is 5.92 Å². The van der Waals surface area contributed by atoms with Crippen LogP contribution in [0.1, 0.15) is 65.4 Å². The first kappa shape index (κ1) is 21.3. The summed E-state index contributed by atoms with van der Waals surface area (Å²) in [7, 11) is 3.40. The molecule has 0 aliphatic heterocycles. The molecule has 0 aromatic heterocycles. The minimum Gasteiger partial charge on any atom is -0.497 e. The first-order valence-electron chi connectivity index (χ1n) is 9.45. The van der Waals surface area contributed by atoms with Gasteiger partial charge in [-0.1, -0.05) is 30.2 Å². The Morgan fingerprint density at radius 3 is 2.12 bits per heavy atom. The molecule has 2 heteroatoms. The zero-order valence-corrected chi connectivity index (χ0v) is 17.0. The summed E-state index contributed by atoms with van der Waals surface area (Å²) in [6.45, 7) is 8.94. The van der Waals surface area contributed by atoms with E-state index in [1.807, 2.05) is 6.07 Å². The third-order valence-electron chi connectivity index (χ3n) is 4.58. The van der Waals surface area contributed by atoms with Gasteiger partial charge in [-0.05, 0) is 82.9 Å². The fourth-order valence-corrected chi connectivity index (χ4v) is 2.87. The smallest absolute Gasteiger partial charge is 0.122 e. The minimum absolute atomic E-state index is 0.721. The number of hydrogen-bond donors (Lipinski definition) is 0. The van der Waals surface area contributed by atoms with Gasteiger partial charge in [-0.3, -0.25) is 0 Å². The van der Waals surface area contributed by atoms with E-state index in [4.69, 9.17) is 9.47 Å². The Morgan fingerprint density at radius 2 is 1.56 bits per heavy atom. The molecule has 0 saturated heterocycles. The van der Waals surface area contributed by atoms with E-state index < -0.39 is 0 Å². The third-order valence-corrected chi connectivity index (χ3v) is 4.58. The predicted octanol–water partition coefficient (Wildman–Crippen LogP) is 6.75. The Morgan fingerprint density at radius 1 is 0.920 bits per heavy atom. The van der Waals surface area contributed by atoms with Gasteiger partial charge < -0.3 is 9.47 Å². The maximum absolute atomic E-state index is 5.35. The van der Waals surface area contributed by atoms with Crippen LogP contribution in [-0.2, 0) is 6.42 Å². The van der Waals surface area contributed by atoms with Crippen molar-refractivity contribution < 1.29 is 9.47 Å². The average Bonchev–Trinajstić information content (AvgIpc) is 2.59. The van der Waals surface area contributed by atoms with E-state index in [0.29, 0.717) is 0 Å². The highest BCUT2D eigenvalue weighted by Crippen LogP contribution is 2.25. The van der Waals surface area contributed by atoms with Crippen molar-refractivity contribution in [1.82, 2.24) is 0 Å². The summed E-state index contributed by atoms with van der Waals surface area (Å²) < 4.78 is 10.7. The second-order valence-electron chi connectivity index (χ2n) is 7.31. The molecule has 0 saturated carbocycles. The summed E-state index contributed by atoms with van der Waals surface area (Å²) in [6, 6.07) is 6.15. The maximum atomic E-state index is 5.35. The zero-order valence-electron chi connectivity index (χ0n) is 17.0. The van der Waals surface area contributed by atoms with Crippen molar-refractivity contribution in [3.05, 3.63) is 47.1 Å². The van der Waals surface area contributed by atoms with Gasteiger partial charge in [0.1, 0.15) is 11.5 Å². The normalized spacial score (nSPS) is 12.6. The predicted molar refractivity (Wildman–Crippen MR) is 109 cm³/mol. The van der Waals surface area contributed by atoms with Crippen LogP contribution < -0.4 is 9.47 Å². The van der Waals surface area contributed by atoms with Gasteiger partial charge in [0.2, 0.25) is 0 Å². The summed E-state index contributed by atoms with van der Waals surface area (Å²) >= 11 is 0. The molecule has 0 N–H and O–H groups in total. The van der Waals surface area contributed by atoms with E-state index in [1.165, 1.54) is 42.4 Å². The number of aryl methyl sites for hydroxylation is 1.